The maximum atomic E-state index is 12.5. The zero-order chi connectivity index (χ0) is 18.5. The molecule has 1 aromatic heterocycles. The van der Waals surface area contributed by atoms with Crippen molar-refractivity contribution in [3.05, 3.63) is 71.4 Å². The molecule has 26 heavy (non-hydrogen) atoms. The van der Waals surface area contributed by atoms with Gasteiger partial charge in [-0.05, 0) is 35.7 Å². The molecule has 0 spiro atoms. The average molecular weight is 350 g/mol. The van der Waals surface area contributed by atoms with Crippen molar-refractivity contribution in [2.24, 2.45) is 0 Å². The van der Waals surface area contributed by atoms with Gasteiger partial charge in [0, 0.05) is 29.1 Å². The smallest absolute Gasteiger partial charge is 0.328 e. The first kappa shape index (κ1) is 17.7. The van der Waals surface area contributed by atoms with E-state index in [2.05, 4.69) is 17.2 Å². The van der Waals surface area contributed by atoms with Gasteiger partial charge >= 0.3 is 5.97 Å². The Morgan fingerprint density at radius 2 is 1.85 bits per heavy atom. The van der Waals surface area contributed by atoms with Crippen LogP contribution in [0.25, 0.3) is 10.9 Å². The van der Waals surface area contributed by atoms with Crippen LogP contribution in [0, 0.1) is 0 Å². The van der Waals surface area contributed by atoms with E-state index in [4.69, 9.17) is 4.74 Å². The van der Waals surface area contributed by atoms with Crippen molar-refractivity contribution in [1.29, 1.82) is 0 Å². The minimum Gasteiger partial charge on any atom is -0.467 e. The number of hydrogen-bond donors (Lipinski definition) is 2. The molecule has 0 bridgehead atoms. The maximum absolute atomic E-state index is 12.5. The predicted octanol–water partition coefficient (Wildman–Crippen LogP) is 3.24. The number of carbonyl (C=O) groups excluding carboxylic acids is 2. The molecule has 5 nitrogen and oxygen atoms in total. The summed E-state index contributed by atoms with van der Waals surface area (Å²) >= 11 is 0. The number of para-hydroxylation sites is 1. The summed E-state index contributed by atoms with van der Waals surface area (Å²) in [6.45, 7) is 2.06. The predicted molar refractivity (Wildman–Crippen MR) is 101 cm³/mol. The van der Waals surface area contributed by atoms with Crippen LogP contribution in [0.5, 0.6) is 0 Å². The van der Waals surface area contributed by atoms with Crippen LogP contribution in [-0.2, 0) is 22.4 Å². The molecule has 0 aliphatic rings. The molecule has 1 amide bonds. The van der Waals surface area contributed by atoms with Crippen LogP contribution in [0.1, 0.15) is 28.4 Å². The topological polar surface area (TPSA) is 71.2 Å². The Kier molecular flexibility index (Phi) is 5.37. The highest BCUT2D eigenvalue weighted by atomic mass is 16.5. The number of fused-ring (bicyclic) bond motifs is 1. The van der Waals surface area contributed by atoms with Gasteiger partial charge in [-0.3, -0.25) is 4.79 Å². The van der Waals surface area contributed by atoms with Crippen LogP contribution in [-0.4, -0.2) is 30.0 Å². The summed E-state index contributed by atoms with van der Waals surface area (Å²) < 4.78 is 4.88. The molecule has 2 aromatic carbocycles. The highest BCUT2D eigenvalue weighted by Gasteiger charge is 2.23. The Balaban J connectivity index is 1.79. The van der Waals surface area contributed by atoms with Crippen molar-refractivity contribution < 1.29 is 14.3 Å². The van der Waals surface area contributed by atoms with E-state index in [1.807, 2.05) is 42.6 Å². The van der Waals surface area contributed by atoms with Crippen LogP contribution in [0.3, 0.4) is 0 Å². The van der Waals surface area contributed by atoms with E-state index in [9.17, 15) is 9.59 Å². The highest BCUT2D eigenvalue weighted by molar-refractivity contribution is 5.97. The fourth-order valence-electron chi connectivity index (χ4n) is 2.99. The second-order valence-corrected chi connectivity index (χ2v) is 6.16. The second-order valence-electron chi connectivity index (χ2n) is 6.16. The van der Waals surface area contributed by atoms with E-state index in [-0.39, 0.29) is 5.91 Å². The largest absolute Gasteiger partial charge is 0.467 e. The number of nitrogens with one attached hydrogen (secondary N) is 2. The van der Waals surface area contributed by atoms with Crippen molar-refractivity contribution in [1.82, 2.24) is 10.3 Å². The molecule has 0 saturated carbocycles. The summed E-state index contributed by atoms with van der Waals surface area (Å²) in [5.74, 6) is -0.753. The van der Waals surface area contributed by atoms with Gasteiger partial charge in [0.05, 0.1) is 7.11 Å². The monoisotopic (exact) mass is 350 g/mol. The van der Waals surface area contributed by atoms with Gasteiger partial charge in [0.25, 0.3) is 5.91 Å². The number of ether oxygens (including phenoxy) is 1. The lowest BCUT2D eigenvalue weighted by Gasteiger charge is -2.16. The first-order valence-electron chi connectivity index (χ1n) is 8.65. The standard InChI is InChI=1S/C21H22N2O3/c1-3-14-8-10-15(11-9-14)20(24)23-19(21(25)26-2)12-16-13-22-18-7-5-4-6-17(16)18/h4-11,13,19,22H,3,12H2,1-2H3,(H,23,24). The van der Waals surface area contributed by atoms with Gasteiger partial charge in [-0.2, -0.15) is 0 Å². The number of esters is 1. The quantitative estimate of drug-likeness (QED) is 0.671. The van der Waals surface area contributed by atoms with Crippen LogP contribution < -0.4 is 5.32 Å². The molecular formula is C21H22N2O3. The summed E-state index contributed by atoms with van der Waals surface area (Å²) in [4.78, 5) is 27.9. The normalized spacial score (nSPS) is 11.9. The number of H-pyrrole nitrogens is 1. The molecule has 3 aromatic rings. The molecule has 1 unspecified atom stereocenters. The summed E-state index contributed by atoms with van der Waals surface area (Å²) in [5, 5.41) is 3.83. The van der Waals surface area contributed by atoms with Gasteiger partial charge in [-0.25, -0.2) is 4.79 Å². The van der Waals surface area contributed by atoms with Crippen LogP contribution in [0.4, 0.5) is 0 Å². The van der Waals surface area contributed by atoms with E-state index in [1.54, 1.807) is 12.1 Å². The van der Waals surface area contributed by atoms with Gasteiger partial charge in [0.2, 0.25) is 0 Å². The number of methoxy groups -OCH3 is 1. The van der Waals surface area contributed by atoms with Crippen molar-refractivity contribution in [2.45, 2.75) is 25.8 Å². The van der Waals surface area contributed by atoms with E-state index in [0.717, 1.165) is 28.5 Å². The molecule has 1 heterocycles. The SMILES string of the molecule is CCc1ccc(C(=O)NC(Cc2c[nH]c3ccccc23)C(=O)OC)cc1. The number of carbonyl (C=O) groups is 2. The fraction of sp³-hybridized carbons (Fsp3) is 0.238. The molecule has 1 atom stereocenters. The molecule has 5 heteroatoms. The zero-order valence-corrected chi connectivity index (χ0v) is 14.9. The first-order valence-corrected chi connectivity index (χ1v) is 8.65. The summed E-state index contributed by atoms with van der Waals surface area (Å²) in [7, 11) is 1.33. The number of aromatic amines is 1. The summed E-state index contributed by atoms with van der Waals surface area (Å²) in [6.07, 6.45) is 3.13. The Bertz CT molecular complexity index is 912. The van der Waals surface area contributed by atoms with Crippen molar-refractivity contribution in [3.8, 4) is 0 Å². The average Bonchev–Trinajstić information content (AvgIpc) is 3.09. The van der Waals surface area contributed by atoms with Crippen LogP contribution >= 0.6 is 0 Å². The van der Waals surface area contributed by atoms with Gasteiger partial charge < -0.3 is 15.0 Å². The molecule has 0 radical (unpaired) electrons. The lowest BCUT2D eigenvalue weighted by atomic mass is 10.0. The lowest BCUT2D eigenvalue weighted by molar-refractivity contribution is -0.142. The first-order chi connectivity index (χ1) is 12.6. The van der Waals surface area contributed by atoms with Crippen LogP contribution in [0.2, 0.25) is 0 Å². The minimum absolute atomic E-state index is 0.289. The summed E-state index contributed by atoms with van der Waals surface area (Å²) in [5.41, 5.74) is 3.63. The van der Waals surface area contributed by atoms with Crippen LogP contribution in [0.15, 0.2) is 54.7 Å². The fourth-order valence-corrected chi connectivity index (χ4v) is 2.99. The number of rotatable bonds is 6. The Labute approximate surface area is 152 Å². The zero-order valence-electron chi connectivity index (χ0n) is 14.9. The van der Waals surface area contributed by atoms with Crippen molar-refractivity contribution >= 4 is 22.8 Å². The Morgan fingerprint density at radius 1 is 1.12 bits per heavy atom. The number of hydrogen-bond acceptors (Lipinski definition) is 3. The van der Waals surface area contributed by atoms with Gasteiger partial charge in [0.15, 0.2) is 0 Å². The number of aromatic nitrogens is 1. The molecule has 0 aliphatic carbocycles. The Morgan fingerprint density at radius 3 is 2.54 bits per heavy atom. The van der Waals surface area contributed by atoms with Crippen molar-refractivity contribution in [2.75, 3.05) is 7.11 Å². The van der Waals surface area contributed by atoms with E-state index in [1.165, 1.54) is 7.11 Å². The minimum atomic E-state index is -0.752. The second kappa shape index (κ2) is 7.87. The van der Waals surface area contributed by atoms with E-state index >= 15 is 0 Å². The number of benzene rings is 2. The van der Waals surface area contributed by atoms with Gasteiger partial charge in [-0.15, -0.1) is 0 Å². The lowest BCUT2D eigenvalue weighted by Crippen LogP contribution is -2.43. The third kappa shape index (κ3) is 3.77. The van der Waals surface area contributed by atoms with Gasteiger partial charge in [0.1, 0.15) is 6.04 Å². The molecule has 3 rings (SSSR count). The molecule has 0 fully saturated rings. The summed E-state index contributed by atoms with van der Waals surface area (Å²) in [6, 6.07) is 14.5. The van der Waals surface area contributed by atoms with Gasteiger partial charge in [-0.1, -0.05) is 37.3 Å². The van der Waals surface area contributed by atoms with Crippen molar-refractivity contribution in [3.63, 3.8) is 0 Å². The number of amides is 1. The molecule has 2 N–H and O–H groups in total. The van der Waals surface area contributed by atoms with E-state index in [0.29, 0.717) is 12.0 Å². The molecular weight excluding hydrogens is 328 g/mol. The van der Waals surface area contributed by atoms with E-state index < -0.39 is 12.0 Å². The highest BCUT2D eigenvalue weighted by Crippen LogP contribution is 2.19. The Hall–Kier alpha value is -3.08. The molecule has 0 aliphatic heterocycles. The molecule has 134 valence electrons. The number of aryl methyl sites for hydroxylation is 1. The maximum Gasteiger partial charge on any atom is 0.328 e. The third-order valence-corrected chi connectivity index (χ3v) is 4.51. The molecule has 0 saturated heterocycles. The third-order valence-electron chi connectivity index (χ3n) is 4.51.